The average Bonchev–Trinajstić information content (AvgIpc) is 3.24. The third-order valence-electron chi connectivity index (χ3n) is 3.61. The molecule has 1 N–H and O–H groups in total. The number of nitrogens with one attached hydrogen (secondary N) is 1. The highest BCUT2D eigenvalue weighted by atomic mass is 16.5. The van der Waals surface area contributed by atoms with Crippen molar-refractivity contribution in [3.63, 3.8) is 0 Å². The van der Waals surface area contributed by atoms with Crippen molar-refractivity contribution in [1.82, 2.24) is 29.7 Å². The van der Waals surface area contributed by atoms with E-state index in [1.54, 1.807) is 25.8 Å². The normalized spacial score (nSPS) is 11.0. The molecular formula is C16H14N6O. The second-order valence-corrected chi connectivity index (χ2v) is 5.09. The van der Waals surface area contributed by atoms with Crippen LogP contribution < -0.4 is 4.74 Å². The van der Waals surface area contributed by atoms with Gasteiger partial charge >= 0.3 is 0 Å². The number of methoxy groups -OCH3 is 1. The SMILES string of the molecule is COc1ccc(-n2cnc3cnc(Cc4cn[nH]c4)nc32)cc1. The van der Waals surface area contributed by atoms with Gasteiger partial charge < -0.3 is 4.74 Å². The number of rotatable bonds is 4. The van der Waals surface area contributed by atoms with Gasteiger partial charge in [0, 0.05) is 18.3 Å². The van der Waals surface area contributed by atoms with Gasteiger partial charge in [0.25, 0.3) is 0 Å². The molecule has 1 aromatic carbocycles. The quantitative estimate of drug-likeness (QED) is 0.624. The predicted molar refractivity (Wildman–Crippen MR) is 84.6 cm³/mol. The van der Waals surface area contributed by atoms with Crippen molar-refractivity contribution in [3.8, 4) is 11.4 Å². The predicted octanol–water partition coefficient (Wildman–Crippen LogP) is 2.14. The maximum Gasteiger partial charge on any atom is 0.168 e. The van der Waals surface area contributed by atoms with Crippen molar-refractivity contribution in [1.29, 1.82) is 0 Å². The first-order valence-electron chi connectivity index (χ1n) is 7.14. The number of aromatic nitrogens is 6. The van der Waals surface area contributed by atoms with Gasteiger partial charge in [0.1, 0.15) is 23.4 Å². The van der Waals surface area contributed by atoms with Gasteiger partial charge in [-0.15, -0.1) is 0 Å². The third kappa shape index (κ3) is 2.52. The molecule has 0 fully saturated rings. The van der Waals surface area contributed by atoms with Crippen LogP contribution in [0.3, 0.4) is 0 Å². The lowest BCUT2D eigenvalue weighted by Gasteiger charge is -2.05. The van der Waals surface area contributed by atoms with Gasteiger partial charge in [-0.2, -0.15) is 5.10 Å². The van der Waals surface area contributed by atoms with Crippen molar-refractivity contribution < 1.29 is 4.74 Å². The molecule has 23 heavy (non-hydrogen) atoms. The average molecular weight is 306 g/mol. The Balaban J connectivity index is 1.74. The smallest absolute Gasteiger partial charge is 0.168 e. The minimum Gasteiger partial charge on any atom is -0.497 e. The summed E-state index contributed by atoms with van der Waals surface area (Å²) < 4.78 is 7.13. The molecule has 4 rings (SSSR count). The first-order chi connectivity index (χ1) is 11.3. The fourth-order valence-corrected chi connectivity index (χ4v) is 2.42. The highest BCUT2D eigenvalue weighted by Crippen LogP contribution is 2.19. The standard InChI is InChI=1S/C16H14N6O/c1-23-13-4-2-12(3-5-13)22-10-18-14-9-17-15(21-16(14)22)6-11-7-19-20-8-11/h2-5,7-10H,6H2,1H3,(H,19,20). The fraction of sp³-hybridized carbons (Fsp3) is 0.125. The zero-order valence-corrected chi connectivity index (χ0v) is 12.5. The molecule has 0 saturated heterocycles. The van der Waals surface area contributed by atoms with Gasteiger partial charge in [0.15, 0.2) is 5.65 Å². The van der Waals surface area contributed by atoms with Gasteiger partial charge in [0.2, 0.25) is 0 Å². The van der Waals surface area contributed by atoms with Crippen LogP contribution in [0.5, 0.6) is 5.75 Å². The van der Waals surface area contributed by atoms with E-state index in [0.717, 1.165) is 34.0 Å². The topological polar surface area (TPSA) is 81.5 Å². The van der Waals surface area contributed by atoms with Crippen molar-refractivity contribution >= 4 is 11.2 Å². The molecule has 0 amide bonds. The van der Waals surface area contributed by atoms with Gasteiger partial charge in [-0.1, -0.05) is 0 Å². The summed E-state index contributed by atoms with van der Waals surface area (Å²) in [4.78, 5) is 13.4. The lowest BCUT2D eigenvalue weighted by Crippen LogP contribution is -1.99. The molecule has 3 aromatic heterocycles. The first kappa shape index (κ1) is 13.4. The number of benzene rings is 1. The number of hydrogen-bond donors (Lipinski definition) is 1. The summed E-state index contributed by atoms with van der Waals surface area (Å²) in [6, 6.07) is 7.76. The van der Waals surface area contributed by atoms with Crippen molar-refractivity contribution in [2.75, 3.05) is 7.11 Å². The Morgan fingerprint density at radius 2 is 2.00 bits per heavy atom. The monoisotopic (exact) mass is 306 g/mol. The van der Waals surface area contributed by atoms with Crippen LogP contribution in [-0.2, 0) is 6.42 Å². The van der Waals surface area contributed by atoms with E-state index in [0.29, 0.717) is 6.42 Å². The molecule has 3 heterocycles. The van der Waals surface area contributed by atoms with E-state index in [-0.39, 0.29) is 0 Å². The zero-order chi connectivity index (χ0) is 15.6. The van der Waals surface area contributed by atoms with Crippen LogP contribution in [0.1, 0.15) is 11.4 Å². The van der Waals surface area contributed by atoms with Gasteiger partial charge in [-0.3, -0.25) is 9.67 Å². The summed E-state index contributed by atoms with van der Waals surface area (Å²) in [5, 5.41) is 6.74. The highest BCUT2D eigenvalue weighted by molar-refractivity contribution is 5.72. The van der Waals surface area contributed by atoms with Crippen molar-refractivity contribution in [2.45, 2.75) is 6.42 Å². The number of aromatic amines is 1. The lowest BCUT2D eigenvalue weighted by molar-refractivity contribution is 0.415. The van der Waals surface area contributed by atoms with Crippen LogP contribution in [0.2, 0.25) is 0 Å². The molecule has 0 aliphatic rings. The van der Waals surface area contributed by atoms with Gasteiger partial charge in [0.05, 0.1) is 19.5 Å². The van der Waals surface area contributed by atoms with Gasteiger partial charge in [-0.05, 0) is 29.8 Å². The summed E-state index contributed by atoms with van der Waals surface area (Å²) in [5.41, 5.74) is 3.56. The Bertz CT molecular complexity index is 927. The molecule has 0 unspecified atom stereocenters. The Morgan fingerprint density at radius 1 is 1.13 bits per heavy atom. The van der Waals surface area contributed by atoms with Crippen LogP contribution in [-0.4, -0.2) is 36.8 Å². The molecule has 0 saturated carbocycles. The molecule has 0 aliphatic carbocycles. The molecule has 114 valence electrons. The van der Waals surface area contributed by atoms with Crippen molar-refractivity contribution in [2.24, 2.45) is 0 Å². The van der Waals surface area contributed by atoms with E-state index >= 15 is 0 Å². The van der Waals surface area contributed by atoms with E-state index < -0.39 is 0 Å². The summed E-state index contributed by atoms with van der Waals surface area (Å²) in [5.74, 6) is 1.54. The Hall–Kier alpha value is -3.22. The molecule has 7 heteroatoms. The number of nitrogens with zero attached hydrogens (tertiary/aromatic N) is 5. The van der Waals surface area contributed by atoms with E-state index in [1.165, 1.54) is 0 Å². The number of ether oxygens (including phenoxy) is 1. The van der Waals surface area contributed by atoms with E-state index in [9.17, 15) is 0 Å². The van der Waals surface area contributed by atoms with Crippen LogP contribution in [0.4, 0.5) is 0 Å². The molecule has 0 spiro atoms. The zero-order valence-electron chi connectivity index (χ0n) is 12.5. The van der Waals surface area contributed by atoms with Crippen LogP contribution in [0.25, 0.3) is 16.9 Å². The lowest BCUT2D eigenvalue weighted by atomic mass is 10.2. The molecular weight excluding hydrogens is 292 g/mol. The molecule has 0 radical (unpaired) electrons. The molecule has 4 aromatic rings. The summed E-state index contributed by atoms with van der Waals surface area (Å²) in [7, 11) is 1.65. The number of fused-ring (bicyclic) bond motifs is 1. The molecule has 0 atom stereocenters. The minimum atomic E-state index is 0.625. The Kier molecular flexibility index (Phi) is 3.23. The number of H-pyrrole nitrogens is 1. The van der Waals surface area contributed by atoms with E-state index in [4.69, 9.17) is 4.74 Å². The molecule has 0 aliphatic heterocycles. The van der Waals surface area contributed by atoms with Gasteiger partial charge in [-0.25, -0.2) is 15.0 Å². The van der Waals surface area contributed by atoms with Crippen LogP contribution in [0.15, 0.2) is 49.2 Å². The maximum atomic E-state index is 5.19. The highest BCUT2D eigenvalue weighted by Gasteiger charge is 2.09. The largest absolute Gasteiger partial charge is 0.497 e. The maximum absolute atomic E-state index is 5.19. The third-order valence-corrected chi connectivity index (χ3v) is 3.61. The van der Waals surface area contributed by atoms with Crippen molar-refractivity contribution in [3.05, 3.63) is 60.6 Å². The Labute approximate surface area is 132 Å². The first-order valence-corrected chi connectivity index (χ1v) is 7.14. The van der Waals surface area contributed by atoms with E-state index in [1.807, 2.05) is 35.0 Å². The Morgan fingerprint density at radius 3 is 2.74 bits per heavy atom. The summed E-state index contributed by atoms with van der Waals surface area (Å²) >= 11 is 0. The van der Waals surface area contributed by atoms with Crippen LogP contribution >= 0.6 is 0 Å². The number of imidazole rings is 1. The number of hydrogen-bond acceptors (Lipinski definition) is 5. The van der Waals surface area contributed by atoms with Crippen LogP contribution in [0, 0.1) is 0 Å². The molecule has 0 bridgehead atoms. The minimum absolute atomic E-state index is 0.625. The second-order valence-electron chi connectivity index (χ2n) is 5.09. The molecule has 7 nitrogen and oxygen atoms in total. The fourth-order valence-electron chi connectivity index (χ4n) is 2.42. The summed E-state index contributed by atoms with van der Waals surface area (Å²) in [6.07, 6.45) is 7.74. The second kappa shape index (κ2) is 5.53. The summed E-state index contributed by atoms with van der Waals surface area (Å²) in [6.45, 7) is 0. The van der Waals surface area contributed by atoms with E-state index in [2.05, 4.69) is 25.1 Å².